The second kappa shape index (κ2) is 5.82. The average Bonchev–Trinajstić information content (AvgIpc) is 2.44. The Morgan fingerprint density at radius 1 is 1.41 bits per heavy atom. The highest BCUT2D eigenvalue weighted by molar-refractivity contribution is 5.79. The number of carbonyl (C=O) groups excluding carboxylic acids is 1. The van der Waals surface area contributed by atoms with E-state index in [4.69, 9.17) is 0 Å². The van der Waals surface area contributed by atoms with Crippen LogP contribution in [0.1, 0.15) is 17.0 Å². The fraction of sp³-hybridized carbons (Fsp3) is 0.667. The van der Waals surface area contributed by atoms with Crippen LogP contribution in [0.25, 0.3) is 0 Å². The SMILES string of the molecule is Cc1nn(C)c(C)c1CC(=O)NCCN(C)C. The first-order valence-corrected chi connectivity index (χ1v) is 5.82. The van der Waals surface area contributed by atoms with Crippen molar-refractivity contribution in [2.45, 2.75) is 20.3 Å². The molecule has 0 unspecified atom stereocenters. The number of aryl methyl sites for hydroxylation is 2. The zero-order chi connectivity index (χ0) is 13.0. The minimum Gasteiger partial charge on any atom is -0.355 e. The molecule has 0 aliphatic heterocycles. The minimum absolute atomic E-state index is 0.0612. The summed E-state index contributed by atoms with van der Waals surface area (Å²) in [5, 5.41) is 7.21. The van der Waals surface area contributed by atoms with Gasteiger partial charge in [-0.2, -0.15) is 5.10 Å². The van der Waals surface area contributed by atoms with E-state index in [1.807, 2.05) is 44.6 Å². The van der Waals surface area contributed by atoms with Gasteiger partial charge in [0, 0.05) is 31.4 Å². The lowest BCUT2D eigenvalue weighted by Crippen LogP contribution is -2.32. The zero-order valence-electron chi connectivity index (χ0n) is 11.4. The van der Waals surface area contributed by atoms with Gasteiger partial charge in [0.2, 0.25) is 5.91 Å². The van der Waals surface area contributed by atoms with Crippen LogP contribution in [0, 0.1) is 13.8 Å². The lowest BCUT2D eigenvalue weighted by atomic mass is 10.1. The Kier molecular flexibility index (Phi) is 4.69. The van der Waals surface area contributed by atoms with Gasteiger partial charge in [-0.25, -0.2) is 0 Å². The number of nitrogens with one attached hydrogen (secondary N) is 1. The van der Waals surface area contributed by atoms with Crippen LogP contribution in [-0.4, -0.2) is 47.8 Å². The van der Waals surface area contributed by atoms with Crippen molar-refractivity contribution in [2.24, 2.45) is 7.05 Å². The third-order valence-electron chi connectivity index (χ3n) is 2.88. The van der Waals surface area contributed by atoms with Crippen molar-refractivity contribution in [3.63, 3.8) is 0 Å². The van der Waals surface area contributed by atoms with Crippen molar-refractivity contribution in [3.8, 4) is 0 Å². The molecule has 0 saturated carbocycles. The van der Waals surface area contributed by atoms with Crippen LogP contribution >= 0.6 is 0 Å². The molecule has 0 fully saturated rings. The molecule has 0 aliphatic rings. The van der Waals surface area contributed by atoms with E-state index < -0.39 is 0 Å². The van der Waals surface area contributed by atoms with Crippen molar-refractivity contribution in [1.82, 2.24) is 20.0 Å². The zero-order valence-corrected chi connectivity index (χ0v) is 11.4. The number of hydrogen-bond acceptors (Lipinski definition) is 3. The molecule has 1 heterocycles. The number of nitrogens with zero attached hydrogens (tertiary/aromatic N) is 3. The number of likely N-dealkylation sites (N-methyl/N-ethyl adjacent to an activating group) is 1. The molecular formula is C12H22N4O. The number of aromatic nitrogens is 2. The van der Waals surface area contributed by atoms with Gasteiger partial charge in [-0.1, -0.05) is 0 Å². The molecule has 96 valence electrons. The lowest BCUT2D eigenvalue weighted by Gasteiger charge is -2.10. The Morgan fingerprint density at radius 3 is 2.53 bits per heavy atom. The monoisotopic (exact) mass is 238 g/mol. The van der Waals surface area contributed by atoms with Gasteiger partial charge in [-0.3, -0.25) is 9.48 Å². The van der Waals surface area contributed by atoms with E-state index in [0.29, 0.717) is 13.0 Å². The number of amides is 1. The van der Waals surface area contributed by atoms with Crippen LogP contribution in [0.5, 0.6) is 0 Å². The van der Waals surface area contributed by atoms with Gasteiger partial charge < -0.3 is 10.2 Å². The molecule has 0 atom stereocenters. The maximum absolute atomic E-state index is 11.7. The topological polar surface area (TPSA) is 50.2 Å². The average molecular weight is 238 g/mol. The molecule has 1 aromatic rings. The summed E-state index contributed by atoms with van der Waals surface area (Å²) in [6.07, 6.45) is 0.416. The highest BCUT2D eigenvalue weighted by Crippen LogP contribution is 2.12. The molecule has 5 nitrogen and oxygen atoms in total. The van der Waals surface area contributed by atoms with Crippen LogP contribution in [0.4, 0.5) is 0 Å². The molecule has 17 heavy (non-hydrogen) atoms. The first kappa shape index (κ1) is 13.7. The van der Waals surface area contributed by atoms with Gasteiger partial charge >= 0.3 is 0 Å². The van der Waals surface area contributed by atoms with E-state index in [9.17, 15) is 4.79 Å². The van der Waals surface area contributed by atoms with Crippen LogP contribution < -0.4 is 5.32 Å². The summed E-state index contributed by atoms with van der Waals surface area (Å²) in [4.78, 5) is 13.8. The molecular weight excluding hydrogens is 216 g/mol. The molecule has 5 heteroatoms. The molecule has 0 bridgehead atoms. The predicted molar refractivity (Wildman–Crippen MR) is 67.9 cm³/mol. The molecule has 0 radical (unpaired) electrons. The summed E-state index contributed by atoms with van der Waals surface area (Å²) >= 11 is 0. The lowest BCUT2D eigenvalue weighted by molar-refractivity contribution is -0.120. The van der Waals surface area contributed by atoms with Crippen LogP contribution in [0.2, 0.25) is 0 Å². The van der Waals surface area contributed by atoms with Gasteiger partial charge in [-0.05, 0) is 27.9 Å². The summed E-state index contributed by atoms with van der Waals surface area (Å²) in [5.41, 5.74) is 3.04. The number of carbonyl (C=O) groups is 1. The summed E-state index contributed by atoms with van der Waals surface area (Å²) < 4.78 is 1.82. The van der Waals surface area contributed by atoms with Crippen LogP contribution in [0.15, 0.2) is 0 Å². The molecule has 1 aromatic heterocycles. The molecule has 1 N–H and O–H groups in total. The standard InChI is InChI=1S/C12H22N4O/c1-9-11(10(2)16(5)14-9)8-12(17)13-6-7-15(3)4/h6-8H2,1-5H3,(H,13,17). The summed E-state index contributed by atoms with van der Waals surface area (Å²) in [6, 6.07) is 0. The van der Waals surface area contributed by atoms with E-state index in [2.05, 4.69) is 10.4 Å². The first-order valence-electron chi connectivity index (χ1n) is 5.82. The second-order valence-electron chi connectivity index (χ2n) is 4.60. The van der Waals surface area contributed by atoms with Crippen molar-refractivity contribution in [2.75, 3.05) is 27.2 Å². The van der Waals surface area contributed by atoms with Crippen LogP contribution in [0.3, 0.4) is 0 Å². The fourth-order valence-corrected chi connectivity index (χ4v) is 1.72. The van der Waals surface area contributed by atoms with E-state index in [-0.39, 0.29) is 5.91 Å². The Balaban J connectivity index is 2.51. The Bertz CT molecular complexity index is 395. The summed E-state index contributed by atoms with van der Waals surface area (Å²) in [5.74, 6) is 0.0612. The first-order chi connectivity index (χ1) is 7.91. The smallest absolute Gasteiger partial charge is 0.224 e. The molecule has 0 aliphatic carbocycles. The molecule has 0 aromatic carbocycles. The summed E-state index contributed by atoms with van der Waals surface area (Å²) in [6.45, 7) is 5.47. The van der Waals surface area contributed by atoms with Crippen molar-refractivity contribution in [3.05, 3.63) is 17.0 Å². The van der Waals surface area contributed by atoms with Crippen molar-refractivity contribution < 1.29 is 4.79 Å². The van der Waals surface area contributed by atoms with Crippen LogP contribution in [-0.2, 0) is 18.3 Å². The maximum Gasteiger partial charge on any atom is 0.224 e. The third kappa shape index (κ3) is 3.85. The number of rotatable bonds is 5. The van der Waals surface area contributed by atoms with Gasteiger partial charge in [0.05, 0.1) is 12.1 Å². The minimum atomic E-state index is 0.0612. The highest BCUT2D eigenvalue weighted by atomic mass is 16.1. The van der Waals surface area contributed by atoms with E-state index in [0.717, 1.165) is 23.5 Å². The molecule has 1 rings (SSSR count). The maximum atomic E-state index is 11.7. The van der Waals surface area contributed by atoms with E-state index in [1.165, 1.54) is 0 Å². The Morgan fingerprint density at radius 2 is 2.06 bits per heavy atom. The van der Waals surface area contributed by atoms with Crippen molar-refractivity contribution in [1.29, 1.82) is 0 Å². The Labute approximate surface area is 103 Å². The Hall–Kier alpha value is -1.36. The van der Waals surface area contributed by atoms with Gasteiger partial charge in [0.1, 0.15) is 0 Å². The van der Waals surface area contributed by atoms with Gasteiger partial charge in [0.25, 0.3) is 0 Å². The molecule has 1 amide bonds. The van der Waals surface area contributed by atoms with E-state index >= 15 is 0 Å². The second-order valence-corrected chi connectivity index (χ2v) is 4.60. The predicted octanol–water partition coefficient (Wildman–Crippen LogP) is 0.257. The summed E-state index contributed by atoms with van der Waals surface area (Å²) in [7, 11) is 5.87. The van der Waals surface area contributed by atoms with Gasteiger partial charge in [0.15, 0.2) is 0 Å². The third-order valence-corrected chi connectivity index (χ3v) is 2.88. The highest BCUT2D eigenvalue weighted by Gasteiger charge is 2.12. The molecule has 0 saturated heterocycles. The largest absolute Gasteiger partial charge is 0.355 e. The quantitative estimate of drug-likeness (QED) is 0.800. The van der Waals surface area contributed by atoms with Crippen molar-refractivity contribution >= 4 is 5.91 Å². The number of hydrogen-bond donors (Lipinski definition) is 1. The molecule has 0 spiro atoms. The van der Waals surface area contributed by atoms with Gasteiger partial charge in [-0.15, -0.1) is 0 Å². The van der Waals surface area contributed by atoms with E-state index in [1.54, 1.807) is 0 Å². The fourth-order valence-electron chi connectivity index (χ4n) is 1.72. The normalized spacial score (nSPS) is 10.9.